The van der Waals surface area contributed by atoms with Gasteiger partial charge in [0.1, 0.15) is 5.82 Å². The number of nitrogens with two attached hydrogens (primary N) is 2. The zero-order chi connectivity index (χ0) is 17.7. The maximum absolute atomic E-state index is 15.1. The number of fused-ring (bicyclic) bond motifs is 3. The molecule has 4 rings (SSSR count). The number of benzene rings is 2. The summed E-state index contributed by atoms with van der Waals surface area (Å²) in [6.45, 7) is 1.95. The van der Waals surface area contributed by atoms with Gasteiger partial charge in [0, 0.05) is 22.7 Å². The predicted molar refractivity (Wildman–Crippen MR) is 96.9 cm³/mol. The number of hydrogen-bond acceptors (Lipinski definition) is 2. The van der Waals surface area contributed by atoms with Crippen LogP contribution in [0.4, 0.5) is 4.39 Å². The molecule has 1 atom stereocenters. The predicted octanol–water partition coefficient (Wildman–Crippen LogP) is 3.20. The summed E-state index contributed by atoms with van der Waals surface area (Å²) in [4.78, 5) is 15.2. The van der Waals surface area contributed by atoms with E-state index >= 15 is 4.39 Å². The van der Waals surface area contributed by atoms with Gasteiger partial charge in [0.05, 0.1) is 11.1 Å². The van der Waals surface area contributed by atoms with Gasteiger partial charge in [-0.15, -0.1) is 0 Å². The Morgan fingerprint density at radius 2 is 2.08 bits per heavy atom. The van der Waals surface area contributed by atoms with E-state index in [0.29, 0.717) is 17.5 Å². The van der Waals surface area contributed by atoms with E-state index in [1.807, 2.05) is 31.2 Å². The average Bonchev–Trinajstić information content (AvgIpc) is 2.93. The van der Waals surface area contributed by atoms with Crippen LogP contribution in [0.15, 0.2) is 30.3 Å². The maximum Gasteiger partial charge on any atom is 0.250 e. The molecule has 0 aliphatic heterocycles. The lowest BCUT2D eigenvalue weighted by Crippen LogP contribution is -2.27. The average molecular weight is 337 g/mol. The summed E-state index contributed by atoms with van der Waals surface area (Å²) in [5.74, 6) is -1.07. The molecule has 0 saturated carbocycles. The molecule has 1 unspecified atom stereocenters. The van der Waals surface area contributed by atoms with Crippen molar-refractivity contribution in [1.29, 1.82) is 0 Å². The molecule has 5 N–H and O–H groups in total. The Morgan fingerprint density at radius 3 is 2.80 bits per heavy atom. The molecule has 1 amide bonds. The van der Waals surface area contributed by atoms with E-state index in [4.69, 9.17) is 11.5 Å². The monoisotopic (exact) mass is 337 g/mol. The number of halogens is 1. The summed E-state index contributed by atoms with van der Waals surface area (Å²) >= 11 is 0. The van der Waals surface area contributed by atoms with Crippen LogP contribution in [0.1, 0.15) is 33.6 Å². The van der Waals surface area contributed by atoms with E-state index < -0.39 is 11.7 Å². The van der Waals surface area contributed by atoms with Crippen LogP contribution in [0.5, 0.6) is 0 Å². The molecule has 0 saturated heterocycles. The van der Waals surface area contributed by atoms with Crippen molar-refractivity contribution < 1.29 is 9.18 Å². The lowest BCUT2D eigenvalue weighted by atomic mass is 9.87. The molecule has 0 bridgehead atoms. The minimum absolute atomic E-state index is 0.0384. The maximum atomic E-state index is 15.1. The van der Waals surface area contributed by atoms with E-state index in [-0.39, 0.29) is 11.6 Å². The fourth-order valence-electron chi connectivity index (χ4n) is 3.90. The minimum atomic E-state index is -0.636. The standard InChI is InChI=1S/C20H20FN3O/c1-10-4-2-3-5-12(10)17-15(21)9-14(20(23)25)19-18(17)13-8-11(22)6-7-16(13)24-19/h2-5,9,11,24H,6-8,22H2,1H3,(H2,23,25). The number of primary amides is 1. The summed E-state index contributed by atoms with van der Waals surface area (Å²) in [5, 5.41) is 0.744. The molecule has 4 nitrogen and oxygen atoms in total. The van der Waals surface area contributed by atoms with Crippen LogP contribution in [-0.4, -0.2) is 16.9 Å². The van der Waals surface area contributed by atoms with E-state index in [9.17, 15) is 4.79 Å². The van der Waals surface area contributed by atoms with Gasteiger partial charge < -0.3 is 16.5 Å². The number of H-pyrrole nitrogens is 1. The van der Waals surface area contributed by atoms with Crippen LogP contribution in [0.3, 0.4) is 0 Å². The van der Waals surface area contributed by atoms with Gasteiger partial charge in [0.25, 0.3) is 5.91 Å². The zero-order valence-corrected chi connectivity index (χ0v) is 14.0. The van der Waals surface area contributed by atoms with Crippen molar-refractivity contribution in [1.82, 2.24) is 4.98 Å². The third-order valence-electron chi connectivity index (χ3n) is 5.13. The number of hydrogen-bond donors (Lipinski definition) is 3. The van der Waals surface area contributed by atoms with Gasteiger partial charge in [-0.3, -0.25) is 4.79 Å². The summed E-state index contributed by atoms with van der Waals surface area (Å²) < 4.78 is 15.1. The van der Waals surface area contributed by atoms with Crippen LogP contribution in [0.25, 0.3) is 22.0 Å². The van der Waals surface area contributed by atoms with Crippen molar-refractivity contribution in [2.75, 3.05) is 0 Å². The zero-order valence-electron chi connectivity index (χ0n) is 14.0. The number of amides is 1. The molecule has 1 heterocycles. The van der Waals surface area contributed by atoms with Crippen molar-refractivity contribution in [2.24, 2.45) is 11.5 Å². The van der Waals surface area contributed by atoms with E-state index in [1.54, 1.807) is 0 Å². The molecule has 1 aromatic heterocycles. The number of aromatic amines is 1. The molecule has 1 aliphatic carbocycles. The number of carbonyl (C=O) groups excluding carboxylic acids is 1. The van der Waals surface area contributed by atoms with E-state index in [1.165, 1.54) is 6.07 Å². The van der Waals surface area contributed by atoms with Crippen molar-refractivity contribution in [3.05, 3.63) is 58.5 Å². The van der Waals surface area contributed by atoms with Crippen LogP contribution in [-0.2, 0) is 12.8 Å². The molecule has 2 aromatic carbocycles. The molecule has 128 valence electrons. The van der Waals surface area contributed by atoms with Gasteiger partial charge in [-0.2, -0.15) is 0 Å². The second kappa shape index (κ2) is 5.70. The number of nitrogens with one attached hydrogen (secondary N) is 1. The topological polar surface area (TPSA) is 84.9 Å². The van der Waals surface area contributed by atoms with Crippen LogP contribution >= 0.6 is 0 Å². The highest BCUT2D eigenvalue weighted by molar-refractivity contribution is 6.11. The first kappa shape index (κ1) is 15.8. The smallest absolute Gasteiger partial charge is 0.250 e. The minimum Gasteiger partial charge on any atom is -0.366 e. The summed E-state index contributed by atoms with van der Waals surface area (Å²) in [6, 6.07) is 8.95. The second-order valence-electron chi connectivity index (χ2n) is 6.80. The SMILES string of the molecule is Cc1ccccc1-c1c(F)cc(C(N)=O)c2[nH]c3c(c12)CC(N)CC3. The molecule has 0 fully saturated rings. The first-order valence-electron chi connectivity index (χ1n) is 8.44. The Bertz CT molecular complexity index is 1010. The molecule has 5 heteroatoms. The largest absolute Gasteiger partial charge is 0.366 e. The molecule has 1 aliphatic rings. The molecule has 25 heavy (non-hydrogen) atoms. The molecular weight excluding hydrogens is 317 g/mol. The van der Waals surface area contributed by atoms with Crippen LogP contribution < -0.4 is 11.5 Å². The number of aromatic nitrogens is 1. The highest BCUT2D eigenvalue weighted by Crippen LogP contribution is 2.40. The normalized spacial score (nSPS) is 16.8. The van der Waals surface area contributed by atoms with Crippen molar-refractivity contribution in [2.45, 2.75) is 32.2 Å². The summed E-state index contributed by atoms with van der Waals surface area (Å²) in [5.41, 5.74) is 16.8. The third kappa shape index (κ3) is 2.43. The summed E-state index contributed by atoms with van der Waals surface area (Å²) in [6.07, 6.45) is 2.32. The third-order valence-corrected chi connectivity index (χ3v) is 5.13. The van der Waals surface area contributed by atoms with Crippen LogP contribution in [0.2, 0.25) is 0 Å². The lowest BCUT2D eigenvalue weighted by Gasteiger charge is -2.19. The Kier molecular flexibility index (Phi) is 3.62. The second-order valence-corrected chi connectivity index (χ2v) is 6.80. The molecule has 0 spiro atoms. The Balaban J connectivity index is 2.14. The van der Waals surface area contributed by atoms with Gasteiger partial charge >= 0.3 is 0 Å². The summed E-state index contributed by atoms with van der Waals surface area (Å²) in [7, 11) is 0. The molecule has 3 aromatic rings. The fraction of sp³-hybridized carbons (Fsp3) is 0.250. The van der Waals surface area contributed by atoms with Gasteiger partial charge in [-0.1, -0.05) is 24.3 Å². The highest BCUT2D eigenvalue weighted by atomic mass is 19.1. The van der Waals surface area contributed by atoms with E-state index in [2.05, 4.69) is 4.98 Å². The van der Waals surface area contributed by atoms with Gasteiger partial charge in [0.2, 0.25) is 0 Å². The Labute approximate surface area is 145 Å². The molecular formula is C20H20FN3O. The van der Waals surface area contributed by atoms with Gasteiger partial charge in [-0.25, -0.2) is 4.39 Å². The number of carbonyl (C=O) groups is 1. The first-order valence-corrected chi connectivity index (χ1v) is 8.44. The van der Waals surface area contributed by atoms with Crippen molar-refractivity contribution >= 4 is 16.8 Å². The highest BCUT2D eigenvalue weighted by Gasteiger charge is 2.27. The van der Waals surface area contributed by atoms with Crippen LogP contribution in [0, 0.1) is 12.7 Å². The van der Waals surface area contributed by atoms with Gasteiger partial charge in [0.15, 0.2) is 0 Å². The van der Waals surface area contributed by atoms with Gasteiger partial charge in [-0.05, 0) is 48.9 Å². The fourth-order valence-corrected chi connectivity index (χ4v) is 3.90. The lowest BCUT2D eigenvalue weighted by molar-refractivity contribution is 0.100. The number of aryl methyl sites for hydroxylation is 2. The Hall–Kier alpha value is -2.66. The van der Waals surface area contributed by atoms with E-state index in [0.717, 1.165) is 40.6 Å². The number of rotatable bonds is 2. The van der Waals surface area contributed by atoms with Crippen molar-refractivity contribution in [3.63, 3.8) is 0 Å². The molecule has 0 radical (unpaired) electrons. The quantitative estimate of drug-likeness (QED) is 0.671. The Morgan fingerprint density at radius 1 is 1.32 bits per heavy atom. The van der Waals surface area contributed by atoms with Crippen molar-refractivity contribution in [3.8, 4) is 11.1 Å². The first-order chi connectivity index (χ1) is 12.0.